The molecule has 1 aromatic heterocycles. The van der Waals surface area contributed by atoms with Crippen molar-refractivity contribution >= 4 is 17.3 Å². The first kappa shape index (κ1) is 9.95. The van der Waals surface area contributed by atoms with Crippen LogP contribution in [-0.4, -0.2) is 20.5 Å². The summed E-state index contributed by atoms with van der Waals surface area (Å²) in [5, 5.41) is 12.6. The van der Waals surface area contributed by atoms with Gasteiger partial charge in [-0.05, 0) is 11.5 Å². The minimum Gasteiger partial charge on any atom is -0.390 e. The molecular weight excluding hydrogens is 212 g/mol. The van der Waals surface area contributed by atoms with Gasteiger partial charge in [0.25, 0.3) is 0 Å². The second-order valence-corrected chi connectivity index (χ2v) is 3.66. The van der Waals surface area contributed by atoms with Crippen molar-refractivity contribution in [2.24, 2.45) is 0 Å². The Morgan fingerprint density at radius 1 is 1.33 bits per heavy atom. The topological polar surface area (TPSA) is 63.1 Å². The highest BCUT2D eigenvalue weighted by molar-refractivity contribution is 7.08. The van der Waals surface area contributed by atoms with Crippen molar-refractivity contribution in [3.63, 3.8) is 0 Å². The van der Waals surface area contributed by atoms with Crippen molar-refractivity contribution in [1.82, 2.24) is 9.59 Å². The van der Waals surface area contributed by atoms with Gasteiger partial charge in [-0.3, -0.25) is 4.79 Å². The number of aromatic nitrogens is 2. The Labute approximate surface area is 90.4 Å². The summed E-state index contributed by atoms with van der Waals surface area (Å²) in [5.74, 6) is -0.144. The van der Waals surface area contributed by atoms with Crippen molar-refractivity contribution in [2.75, 3.05) is 0 Å². The number of aliphatic hydroxyl groups is 1. The standard InChI is InChI=1S/C10H8N2O2S/c13-6-8-10(15-12-11-8)9(14)7-4-2-1-3-5-7/h1-5,13H,6H2. The molecule has 0 saturated heterocycles. The zero-order valence-corrected chi connectivity index (χ0v) is 8.57. The molecule has 2 rings (SSSR count). The average Bonchev–Trinajstić information content (AvgIpc) is 2.77. The van der Waals surface area contributed by atoms with Crippen LogP contribution in [0.3, 0.4) is 0 Å². The van der Waals surface area contributed by atoms with E-state index >= 15 is 0 Å². The number of carbonyl (C=O) groups is 1. The fourth-order valence-corrected chi connectivity index (χ4v) is 1.84. The summed E-state index contributed by atoms with van der Waals surface area (Å²) in [4.78, 5) is 12.3. The van der Waals surface area contributed by atoms with Gasteiger partial charge >= 0.3 is 0 Å². The number of aliphatic hydroxyl groups excluding tert-OH is 1. The minimum atomic E-state index is -0.260. The van der Waals surface area contributed by atoms with Gasteiger partial charge in [0.15, 0.2) is 0 Å². The molecule has 5 heteroatoms. The molecule has 15 heavy (non-hydrogen) atoms. The molecule has 0 amide bonds. The van der Waals surface area contributed by atoms with Crippen molar-refractivity contribution < 1.29 is 9.90 Å². The molecule has 1 heterocycles. The van der Waals surface area contributed by atoms with Crippen LogP contribution >= 0.6 is 11.5 Å². The van der Waals surface area contributed by atoms with Crippen molar-refractivity contribution in [1.29, 1.82) is 0 Å². The van der Waals surface area contributed by atoms with E-state index in [1.807, 2.05) is 6.07 Å². The molecule has 0 fully saturated rings. The molecule has 0 radical (unpaired) electrons. The van der Waals surface area contributed by atoms with E-state index in [-0.39, 0.29) is 12.4 Å². The number of hydrogen-bond acceptors (Lipinski definition) is 5. The SMILES string of the molecule is O=C(c1ccccc1)c1snnc1CO. The summed E-state index contributed by atoms with van der Waals surface area (Å²) in [6.07, 6.45) is 0. The zero-order chi connectivity index (χ0) is 10.7. The van der Waals surface area contributed by atoms with E-state index in [1.54, 1.807) is 24.3 Å². The first-order valence-electron chi connectivity index (χ1n) is 4.34. The Morgan fingerprint density at radius 2 is 2.07 bits per heavy atom. The summed E-state index contributed by atoms with van der Waals surface area (Å²) < 4.78 is 3.65. The molecule has 0 spiro atoms. The number of rotatable bonds is 3. The summed E-state index contributed by atoms with van der Waals surface area (Å²) in [7, 11) is 0. The normalized spacial score (nSPS) is 10.2. The van der Waals surface area contributed by atoms with Gasteiger partial charge in [-0.25, -0.2) is 0 Å². The first-order valence-corrected chi connectivity index (χ1v) is 5.12. The highest BCUT2D eigenvalue weighted by Gasteiger charge is 2.16. The van der Waals surface area contributed by atoms with E-state index < -0.39 is 0 Å². The Bertz CT molecular complexity index is 467. The van der Waals surface area contributed by atoms with E-state index in [0.29, 0.717) is 16.1 Å². The molecule has 0 atom stereocenters. The number of benzene rings is 1. The van der Waals surface area contributed by atoms with Crippen LogP contribution in [-0.2, 0) is 6.61 Å². The van der Waals surface area contributed by atoms with Crippen LogP contribution in [0.4, 0.5) is 0 Å². The summed E-state index contributed by atoms with van der Waals surface area (Å²) in [6, 6.07) is 8.88. The minimum absolute atomic E-state index is 0.144. The number of ketones is 1. The molecule has 1 N–H and O–H groups in total. The van der Waals surface area contributed by atoms with Crippen LogP contribution in [0.1, 0.15) is 20.9 Å². The van der Waals surface area contributed by atoms with Gasteiger partial charge in [-0.1, -0.05) is 34.8 Å². The summed E-state index contributed by atoms with van der Waals surface area (Å²) in [6.45, 7) is -0.260. The Balaban J connectivity index is 2.37. The highest BCUT2D eigenvalue weighted by atomic mass is 32.1. The van der Waals surface area contributed by atoms with Crippen LogP contribution in [0.2, 0.25) is 0 Å². The van der Waals surface area contributed by atoms with E-state index in [0.717, 1.165) is 11.5 Å². The van der Waals surface area contributed by atoms with Crippen LogP contribution in [0.15, 0.2) is 30.3 Å². The molecule has 76 valence electrons. The lowest BCUT2D eigenvalue weighted by Crippen LogP contribution is -2.02. The Kier molecular flexibility index (Phi) is 2.84. The van der Waals surface area contributed by atoms with Gasteiger partial charge in [-0.2, -0.15) is 0 Å². The van der Waals surface area contributed by atoms with Crippen LogP contribution in [0.5, 0.6) is 0 Å². The largest absolute Gasteiger partial charge is 0.390 e. The van der Waals surface area contributed by atoms with E-state index in [4.69, 9.17) is 5.11 Å². The molecule has 2 aromatic rings. The Morgan fingerprint density at radius 3 is 2.73 bits per heavy atom. The van der Waals surface area contributed by atoms with Gasteiger partial charge in [0.1, 0.15) is 10.6 Å². The number of carbonyl (C=O) groups excluding carboxylic acids is 1. The van der Waals surface area contributed by atoms with Crippen molar-refractivity contribution in [2.45, 2.75) is 6.61 Å². The van der Waals surface area contributed by atoms with Gasteiger partial charge in [-0.15, -0.1) is 5.10 Å². The molecule has 1 aromatic carbocycles. The monoisotopic (exact) mass is 220 g/mol. The Hall–Kier alpha value is -1.59. The lowest BCUT2D eigenvalue weighted by molar-refractivity contribution is 0.103. The second kappa shape index (κ2) is 4.29. The molecule has 0 saturated carbocycles. The van der Waals surface area contributed by atoms with Gasteiger partial charge < -0.3 is 5.11 Å². The van der Waals surface area contributed by atoms with Crippen LogP contribution in [0, 0.1) is 0 Å². The van der Waals surface area contributed by atoms with Gasteiger partial charge in [0.05, 0.1) is 6.61 Å². The second-order valence-electron chi connectivity index (χ2n) is 2.90. The maximum absolute atomic E-state index is 11.9. The van der Waals surface area contributed by atoms with Gasteiger partial charge in [0, 0.05) is 5.56 Å². The zero-order valence-electron chi connectivity index (χ0n) is 7.75. The fraction of sp³-hybridized carbons (Fsp3) is 0.100. The van der Waals surface area contributed by atoms with Gasteiger partial charge in [0.2, 0.25) is 5.78 Å². The molecule has 4 nitrogen and oxygen atoms in total. The molecule has 0 aliphatic carbocycles. The first-order chi connectivity index (χ1) is 7.33. The maximum Gasteiger partial charge on any atom is 0.206 e. The maximum atomic E-state index is 11.9. The number of nitrogens with zero attached hydrogens (tertiary/aromatic N) is 2. The van der Waals surface area contributed by atoms with E-state index in [9.17, 15) is 4.79 Å². The predicted octanol–water partition coefficient (Wildman–Crippen LogP) is 1.26. The molecule has 0 aliphatic heterocycles. The van der Waals surface area contributed by atoms with Crippen molar-refractivity contribution in [3.05, 3.63) is 46.5 Å². The molecule has 0 bridgehead atoms. The smallest absolute Gasteiger partial charge is 0.206 e. The third-order valence-electron chi connectivity index (χ3n) is 1.95. The van der Waals surface area contributed by atoms with Crippen LogP contribution < -0.4 is 0 Å². The molecule has 0 unspecified atom stereocenters. The third-order valence-corrected chi connectivity index (χ3v) is 2.71. The predicted molar refractivity (Wildman–Crippen MR) is 55.7 cm³/mol. The summed E-state index contributed by atoms with van der Waals surface area (Å²) in [5.41, 5.74) is 0.923. The van der Waals surface area contributed by atoms with Crippen LogP contribution in [0.25, 0.3) is 0 Å². The lowest BCUT2D eigenvalue weighted by Gasteiger charge is -1.97. The average molecular weight is 220 g/mol. The lowest BCUT2D eigenvalue weighted by atomic mass is 10.1. The van der Waals surface area contributed by atoms with E-state index in [2.05, 4.69) is 9.59 Å². The molecular formula is C10H8N2O2S. The summed E-state index contributed by atoms with van der Waals surface area (Å²) >= 11 is 1.01. The fourth-order valence-electron chi connectivity index (χ4n) is 1.21. The quantitative estimate of drug-likeness (QED) is 0.791. The number of hydrogen-bond donors (Lipinski definition) is 1. The molecule has 0 aliphatic rings. The third kappa shape index (κ3) is 1.93. The van der Waals surface area contributed by atoms with E-state index in [1.165, 1.54) is 0 Å². The highest BCUT2D eigenvalue weighted by Crippen LogP contribution is 2.16. The van der Waals surface area contributed by atoms with Crippen molar-refractivity contribution in [3.8, 4) is 0 Å².